The molecule has 3 aromatic rings. The molecule has 4 heterocycles. The van der Waals surface area contributed by atoms with E-state index in [1.165, 1.54) is 17.5 Å². The summed E-state index contributed by atoms with van der Waals surface area (Å²) in [7, 11) is 0. The molecule has 32 heavy (non-hydrogen) atoms. The molecule has 3 aromatic heterocycles. The predicted octanol–water partition coefficient (Wildman–Crippen LogP) is 0.854. The molecule has 0 radical (unpaired) electrons. The number of rotatable bonds is 5. The van der Waals surface area contributed by atoms with Gasteiger partial charge < -0.3 is 21.1 Å². The second kappa shape index (κ2) is 10.4. The van der Waals surface area contributed by atoms with E-state index in [1.807, 2.05) is 5.38 Å². The minimum Gasteiger partial charge on any atom is -0.483 e. The third-order valence-corrected chi connectivity index (χ3v) is 5.35. The molecular weight excluding hydrogens is 441 g/mol. The highest BCUT2D eigenvalue weighted by molar-refractivity contribution is 7.13. The van der Waals surface area contributed by atoms with Crippen LogP contribution in [0.3, 0.4) is 0 Å². The molecule has 0 atom stereocenters. The van der Waals surface area contributed by atoms with Crippen LogP contribution in [0, 0.1) is 5.82 Å². The number of carboxylic acid groups (broad SMARTS) is 1. The topological polar surface area (TPSA) is 167 Å². The smallest absolute Gasteiger partial charge is 0.290 e. The summed E-state index contributed by atoms with van der Waals surface area (Å²) >= 11 is 1.36. The SMILES string of the molecule is Nc1nc(CCNC(=O)c2n[nH]c3c2CCN(C(=O)c2cncc(F)c2)C3)cs1.O=CO. The second-order valence-corrected chi connectivity index (χ2v) is 7.58. The number of thiazole rings is 1. The molecule has 11 nitrogen and oxygen atoms in total. The number of H-pyrrole nitrogens is 1. The van der Waals surface area contributed by atoms with Gasteiger partial charge in [-0.2, -0.15) is 5.10 Å². The van der Waals surface area contributed by atoms with Gasteiger partial charge in [0.25, 0.3) is 18.3 Å². The normalized spacial score (nSPS) is 12.3. The zero-order chi connectivity index (χ0) is 23.1. The Kier molecular flexibility index (Phi) is 7.44. The first kappa shape index (κ1) is 22.8. The Morgan fingerprint density at radius 1 is 1.41 bits per heavy atom. The van der Waals surface area contributed by atoms with E-state index in [9.17, 15) is 14.0 Å². The summed E-state index contributed by atoms with van der Waals surface area (Å²) in [5.74, 6) is -1.15. The Bertz CT molecular complexity index is 1120. The maximum Gasteiger partial charge on any atom is 0.290 e. The predicted molar refractivity (Wildman–Crippen MR) is 112 cm³/mol. The number of nitrogen functional groups attached to an aromatic ring is 1. The molecular formula is C19H20FN7O4S. The largest absolute Gasteiger partial charge is 0.483 e. The molecule has 2 amide bonds. The first-order chi connectivity index (χ1) is 15.4. The number of fused-ring (bicyclic) bond motifs is 1. The van der Waals surface area contributed by atoms with Crippen molar-refractivity contribution in [3.8, 4) is 0 Å². The number of amides is 2. The summed E-state index contributed by atoms with van der Waals surface area (Å²) in [6.07, 6.45) is 3.44. The number of carbonyl (C=O) groups is 3. The van der Waals surface area contributed by atoms with Gasteiger partial charge in [-0.1, -0.05) is 0 Å². The number of aromatic nitrogens is 4. The van der Waals surface area contributed by atoms with Crippen LogP contribution in [0.15, 0.2) is 23.8 Å². The first-order valence-corrected chi connectivity index (χ1v) is 10.3. The van der Waals surface area contributed by atoms with Crippen molar-refractivity contribution >= 4 is 34.8 Å². The molecule has 1 aliphatic heterocycles. The molecule has 0 aromatic carbocycles. The van der Waals surface area contributed by atoms with E-state index in [2.05, 4.69) is 25.5 Å². The van der Waals surface area contributed by atoms with E-state index < -0.39 is 5.82 Å². The highest BCUT2D eigenvalue weighted by Crippen LogP contribution is 2.22. The lowest BCUT2D eigenvalue weighted by Crippen LogP contribution is -2.36. The maximum absolute atomic E-state index is 13.3. The van der Waals surface area contributed by atoms with Gasteiger partial charge in [-0.25, -0.2) is 9.37 Å². The van der Waals surface area contributed by atoms with Crippen LogP contribution in [-0.2, 0) is 24.2 Å². The van der Waals surface area contributed by atoms with Gasteiger partial charge in [0.15, 0.2) is 10.8 Å². The number of halogens is 1. The zero-order valence-electron chi connectivity index (χ0n) is 16.7. The minimum atomic E-state index is -0.561. The average Bonchev–Trinajstić information content (AvgIpc) is 3.39. The van der Waals surface area contributed by atoms with Crippen LogP contribution in [0.5, 0.6) is 0 Å². The van der Waals surface area contributed by atoms with Gasteiger partial charge in [-0.15, -0.1) is 11.3 Å². The second-order valence-electron chi connectivity index (χ2n) is 6.69. The van der Waals surface area contributed by atoms with Crippen molar-refractivity contribution in [2.75, 3.05) is 18.8 Å². The van der Waals surface area contributed by atoms with Gasteiger partial charge in [0.2, 0.25) is 0 Å². The fourth-order valence-corrected chi connectivity index (χ4v) is 3.81. The summed E-state index contributed by atoms with van der Waals surface area (Å²) in [6.45, 7) is 0.837. The molecule has 168 valence electrons. The number of nitrogens with one attached hydrogen (secondary N) is 2. The first-order valence-electron chi connectivity index (χ1n) is 9.44. The van der Waals surface area contributed by atoms with E-state index in [0.29, 0.717) is 42.5 Å². The summed E-state index contributed by atoms with van der Waals surface area (Å²) in [5.41, 5.74) is 8.44. The Hall–Kier alpha value is -3.87. The monoisotopic (exact) mass is 461 g/mol. The Morgan fingerprint density at radius 2 is 2.19 bits per heavy atom. The summed E-state index contributed by atoms with van der Waals surface area (Å²) in [4.78, 5) is 42.9. The average molecular weight is 461 g/mol. The summed E-state index contributed by atoms with van der Waals surface area (Å²) in [5, 5.41) is 19.1. The van der Waals surface area contributed by atoms with Crippen LogP contribution in [0.4, 0.5) is 9.52 Å². The van der Waals surface area contributed by atoms with Gasteiger partial charge in [0, 0.05) is 36.7 Å². The molecule has 4 rings (SSSR count). The van der Waals surface area contributed by atoms with Crippen molar-refractivity contribution < 1.29 is 23.9 Å². The van der Waals surface area contributed by atoms with Crippen molar-refractivity contribution in [3.63, 3.8) is 0 Å². The van der Waals surface area contributed by atoms with Gasteiger partial charge in [-0.3, -0.25) is 24.5 Å². The molecule has 13 heteroatoms. The highest BCUT2D eigenvalue weighted by Gasteiger charge is 2.28. The van der Waals surface area contributed by atoms with E-state index in [1.54, 1.807) is 4.90 Å². The molecule has 0 fully saturated rings. The molecule has 0 unspecified atom stereocenters. The lowest BCUT2D eigenvalue weighted by molar-refractivity contribution is -0.122. The van der Waals surface area contributed by atoms with E-state index in [-0.39, 0.29) is 30.4 Å². The summed E-state index contributed by atoms with van der Waals surface area (Å²) in [6, 6.07) is 1.16. The van der Waals surface area contributed by atoms with Crippen molar-refractivity contribution in [1.82, 2.24) is 30.4 Å². The molecule has 0 saturated heterocycles. The number of nitrogens with zero attached hydrogens (tertiary/aromatic N) is 4. The van der Waals surface area contributed by atoms with Gasteiger partial charge in [0.05, 0.1) is 29.7 Å². The van der Waals surface area contributed by atoms with Gasteiger partial charge >= 0.3 is 0 Å². The number of aromatic amines is 1. The van der Waals surface area contributed by atoms with Crippen molar-refractivity contribution in [2.45, 2.75) is 19.4 Å². The molecule has 0 aliphatic carbocycles. The minimum absolute atomic E-state index is 0.189. The standard InChI is InChI=1S/C18H18FN7O2S.CH2O2/c19-11-5-10(6-21-7-11)17(28)26-4-2-13-14(8-26)24-25-15(13)16(27)22-3-1-12-9-29-18(20)23-12;2-1-3/h5-7,9H,1-4,8H2,(H2,20,23)(H,22,27)(H,24,25);1H,(H,2,3). The molecule has 0 saturated carbocycles. The number of pyridine rings is 1. The van der Waals surface area contributed by atoms with Crippen molar-refractivity contribution in [1.29, 1.82) is 0 Å². The maximum atomic E-state index is 13.3. The van der Waals surface area contributed by atoms with Crippen LogP contribution >= 0.6 is 11.3 Å². The fourth-order valence-electron chi connectivity index (χ4n) is 3.22. The Balaban J connectivity index is 0.000000913. The number of anilines is 1. The Labute approximate surface area is 185 Å². The molecule has 0 bridgehead atoms. The lowest BCUT2D eigenvalue weighted by Gasteiger charge is -2.26. The number of nitrogens with two attached hydrogens (primary N) is 1. The number of hydrogen-bond donors (Lipinski definition) is 4. The third-order valence-electron chi connectivity index (χ3n) is 4.62. The molecule has 0 spiro atoms. The lowest BCUT2D eigenvalue weighted by atomic mass is 10.0. The number of hydrogen-bond acceptors (Lipinski definition) is 8. The van der Waals surface area contributed by atoms with Crippen LogP contribution in [0.2, 0.25) is 0 Å². The van der Waals surface area contributed by atoms with E-state index in [4.69, 9.17) is 15.6 Å². The van der Waals surface area contributed by atoms with Crippen LogP contribution in [0.1, 0.15) is 37.8 Å². The van der Waals surface area contributed by atoms with Gasteiger partial charge in [0.1, 0.15) is 5.82 Å². The van der Waals surface area contributed by atoms with Crippen LogP contribution < -0.4 is 11.1 Å². The molecule has 5 N–H and O–H groups in total. The highest BCUT2D eigenvalue weighted by atomic mass is 32.1. The third kappa shape index (κ3) is 5.43. The number of carbonyl (C=O) groups excluding carboxylic acids is 2. The van der Waals surface area contributed by atoms with Gasteiger partial charge in [-0.05, 0) is 12.5 Å². The van der Waals surface area contributed by atoms with E-state index >= 15 is 0 Å². The fraction of sp³-hybridized carbons (Fsp3) is 0.263. The summed E-state index contributed by atoms with van der Waals surface area (Å²) < 4.78 is 13.3. The van der Waals surface area contributed by atoms with Crippen LogP contribution in [0.25, 0.3) is 0 Å². The van der Waals surface area contributed by atoms with Crippen LogP contribution in [-0.4, -0.2) is 61.5 Å². The zero-order valence-corrected chi connectivity index (χ0v) is 17.6. The molecule has 1 aliphatic rings. The Morgan fingerprint density at radius 3 is 2.88 bits per heavy atom. The quantitative estimate of drug-likeness (QED) is 0.406. The van der Waals surface area contributed by atoms with Crippen molar-refractivity contribution in [2.24, 2.45) is 0 Å². The van der Waals surface area contributed by atoms with E-state index in [0.717, 1.165) is 23.5 Å². The van der Waals surface area contributed by atoms with Crippen molar-refractivity contribution in [3.05, 3.63) is 57.9 Å².